The number of piperidine rings is 1. The third-order valence-corrected chi connectivity index (χ3v) is 5.31. The van der Waals surface area contributed by atoms with Gasteiger partial charge in [-0.3, -0.25) is 4.79 Å². The van der Waals surface area contributed by atoms with E-state index in [-0.39, 0.29) is 11.9 Å². The Hall–Kier alpha value is -0.810. The van der Waals surface area contributed by atoms with Gasteiger partial charge in [-0.25, -0.2) is 0 Å². The van der Waals surface area contributed by atoms with Crippen molar-refractivity contribution in [1.29, 1.82) is 0 Å². The topological polar surface area (TPSA) is 46.1 Å². The second kappa shape index (κ2) is 5.76. The number of amides is 1. The molecule has 1 aliphatic heterocycles. The van der Waals surface area contributed by atoms with Crippen LogP contribution in [0.3, 0.4) is 0 Å². The van der Waals surface area contributed by atoms with Gasteiger partial charge in [0.15, 0.2) is 0 Å². The minimum atomic E-state index is 0.0516. The third-order valence-electron chi connectivity index (χ3n) is 4.88. The van der Waals surface area contributed by atoms with Crippen molar-refractivity contribution in [3.8, 4) is 0 Å². The highest BCUT2D eigenvalue weighted by atomic mass is 79.9. The van der Waals surface area contributed by atoms with Gasteiger partial charge in [-0.1, -0.05) is 0 Å². The molecule has 1 saturated heterocycles. The van der Waals surface area contributed by atoms with Gasteiger partial charge in [-0.15, -0.1) is 0 Å². The number of hydrogen-bond acceptors (Lipinski definition) is 2. The SMILES string of the molecule is CC(C)n1cc(Br)cc1C(=O)NC1CCNC2(CCC2)C1. The highest BCUT2D eigenvalue weighted by Crippen LogP contribution is 2.38. The largest absolute Gasteiger partial charge is 0.348 e. The molecule has 5 heteroatoms. The molecule has 1 atom stereocenters. The summed E-state index contributed by atoms with van der Waals surface area (Å²) in [6, 6.07) is 2.49. The van der Waals surface area contributed by atoms with Crippen LogP contribution in [0.4, 0.5) is 0 Å². The summed E-state index contributed by atoms with van der Waals surface area (Å²) in [5.74, 6) is 0.0516. The Morgan fingerprint density at radius 1 is 1.52 bits per heavy atom. The van der Waals surface area contributed by atoms with Crippen molar-refractivity contribution < 1.29 is 4.79 Å². The first kappa shape index (κ1) is 15.1. The van der Waals surface area contributed by atoms with Crippen molar-refractivity contribution in [2.24, 2.45) is 0 Å². The fourth-order valence-electron chi connectivity index (χ4n) is 3.58. The van der Waals surface area contributed by atoms with Crippen LogP contribution in [-0.2, 0) is 0 Å². The average molecular weight is 354 g/mol. The van der Waals surface area contributed by atoms with E-state index in [1.807, 2.05) is 16.8 Å². The monoisotopic (exact) mass is 353 g/mol. The summed E-state index contributed by atoms with van der Waals surface area (Å²) in [7, 11) is 0. The van der Waals surface area contributed by atoms with E-state index in [1.165, 1.54) is 19.3 Å². The summed E-state index contributed by atoms with van der Waals surface area (Å²) in [5.41, 5.74) is 1.06. The summed E-state index contributed by atoms with van der Waals surface area (Å²) < 4.78 is 2.99. The van der Waals surface area contributed by atoms with Gasteiger partial charge in [0.05, 0.1) is 0 Å². The number of carbonyl (C=O) groups is 1. The van der Waals surface area contributed by atoms with Crippen LogP contribution < -0.4 is 10.6 Å². The molecule has 1 saturated carbocycles. The Morgan fingerprint density at radius 3 is 2.90 bits per heavy atom. The van der Waals surface area contributed by atoms with Crippen molar-refractivity contribution in [2.75, 3.05) is 6.54 Å². The number of nitrogens with zero attached hydrogens (tertiary/aromatic N) is 1. The normalized spacial score (nSPS) is 24.1. The second-order valence-corrected chi connectivity index (χ2v) is 7.68. The van der Waals surface area contributed by atoms with Gasteiger partial charge in [-0.2, -0.15) is 0 Å². The van der Waals surface area contributed by atoms with Crippen LogP contribution in [0.15, 0.2) is 16.7 Å². The van der Waals surface area contributed by atoms with Gasteiger partial charge < -0.3 is 15.2 Å². The number of nitrogens with one attached hydrogen (secondary N) is 2. The smallest absolute Gasteiger partial charge is 0.268 e. The molecule has 2 heterocycles. The van der Waals surface area contributed by atoms with E-state index < -0.39 is 0 Å². The lowest BCUT2D eigenvalue weighted by Crippen LogP contribution is -2.59. The zero-order chi connectivity index (χ0) is 15.0. The van der Waals surface area contributed by atoms with Crippen molar-refractivity contribution in [3.63, 3.8) is 0 Å². The van der Waals surface area contributed by atoms with Crippen LogP contribution in [0.5, 0.6) is 0 Å². The zero-order valence-corrected chi connectivity index (χ0v) is 14.4. The first-order valence-corrected chi connectivity index (χ1v) is 8.72. The molecule has 0 aromatic carbocycles. The average Bonchev–Trinajstić information content (AvgIpc) is 2.80. The molecule has 2 aliphatic rings. The van der Waals surface area contributed by atoms with Gasteiger partial charge in [0, 0.05) is 28.3 Å². The third kappa shape index (κ3) is 3.04. The molecule has 1 aromatic heterocycles. The molecule has 2 N–H and O–H groups in total. The first-order valence-electron chi connectivity index (χ1n) is 7.92. The van der Waals surface area contributed by atoms with Crippen LogP contribution in [0.1, 0.15) is 62.5 Å². The van der Waals surface area contributed by atoms with E-state index in [2.05, 4.69) is 40.4 Å². The molecule has 1 amide bonds. The molecule has 2 fully saturated rings. The minimum Gasteiger partial charge on any atom is -0.348 e. The Kier molecular flexibility index (Phi) is 4.14. The van der Waals surface area contributed by atoms with Crippen molar-refractivity contribution in [1.82, 2.24) is 15.2 Å². The zero-order valence-electron chi connectivity index (χ0n) is 12.8. The molecule has 3 rings (SSSR count). The Bertz CT molecular complexity index is 534. The quantitative estimate of drug-likeness (QED) is 0.876. The van der Waals surface area contributed by atoms with Crippen molar-refractivity contribution in [3.05, 3.63) is 22.4 Å². The van der Waals surface area contributed by atoms with Gasteiger partial charge in [0.1, 0.15) is 5.69 Å². The standard InChI is InChI=1S/C16H24BrN3O/c1-11(2)20-10-12(17)8-14(20)15(21)19-13-4-7-18-16(9-13)5-3-6-16/h8,10-11,13,18H,3-7,9H2,1-2H3,(H,19,21). The highest BCUT2D eigenvalue weighted by molar-refractivity contribution is 9.10. The molecule has 0 radical (unpaired) electrons. The van der Waals surface area contributed by atoms with Crippen LogP contribution in [0, 0.1) is 0 Å². The number of halogens is 1. The Labute approximate surface area is 134 Å². The summed E-state index contributed by atoms with van der Waals surface area (Å²) in [6.45, 7) is 5.20. The number of aromatic nitrogens is 1. The predicted molar refractivity (Wildman–Crippen MR) is 87.6 cm³/mol. The van der Waals surface area contributed by atoms with Crippen LogP contribution in [0.25, 0.3) is 0 Å². The maximum absolute atomic E-state index is 12.6. The van der Waals surface area contributed by atoms with Crippen molar-refractivity contribution in [2.45, 2.75) is 63.6 Å². The summed E-state index contributed by atoms with van der Waals surface area (Å²) >= 11 is 3.47. The Balaban J connectivity index is 1.68. The van der Waals surface area contributed by atoms with Gasteiger partial charge >= 0.3 is 0 Å². The van der Waals surface area contributed by atoms with Crippen LogP contribution in [0.2, 0.25) is 0 Å². The molecule has 0 bridgehead atoms. The van der Waals surface area contributed by atoms with Gasteiger partial charge in [-0.05, 0) is 74.5 Å². The number of carbonyl (C=O) groups excluding carboxylic acids is 1. The lowest BCUT2D eigenvalue weighted by molar-refractivity contribution is 0.0843. The van der Waals surface area contributed by atoms with Crippen molar-refractivity contribution >= 4 is 21.8 Å². The van der Waals surface area contributed by atoms with E-state index >= 15 is 0 Å². The molecule has 4 nitrogen and oxygen atoms in total. The molecule has 1 unspecified atom stereocenters. The molecule has 116 valence electrons. The first-order chi connectivity index (χ1) is 9.99. The predicted octanol–water partition coefficient (Wildman–Crippen LogP) is 3.24. The number of hydrogen-bond donors (Lipinski definition) is 2. The fourth-order valence-corrected chi connectivity index (χ4v) is 4.02. The molecular formula is C16H24BrN3O. The molecule has 1 aromatic rings. The maximum Gasteiger partial charge on any atom is 0.268 e. The van der Waals surface area contributed by atoms with E-state index in [0.717, 1.165) is 29.6 Å². The van der Waals surface area contributed by atoms with E-state index in [1.54, 1.807) is 0 Å². The van der Waals surface area contributed by atoms with Gasteiger partial charge in [0.2, 0.25) is 0 Å². The molecule has 1 aliphatic carbocycles. The van der Waals surface area contributed by atoms with Crippen LogP contribution in [-0.4, -0.2) is 28.6 Å². The van der Waals surface area contributed by atoms with E-state index in [9.17, 15) is 4.79 Å². The summed E-state index contributed by atoms with van der Waals surface area (Å²) in [5, 5.41) is 6.89. The van der Waals surface area contributed by atoms with Gasteiger partial charge in [0.25, 0.3) is 5.91 Å². The molecule has 21 heavy (non-hydrogen) atoms. The van der Waals surface area contributed by atoms with E-state index in [4.69, 9.17) is 0 Å². The summed E-state index contributed by atoms with van der Waals surface area (Å²) in [6.07, 6.45) is 7.91. The molecule has 1 spiro atoms. The minimum absolute atomic E-state index is 0.0516. The second-order valence-electron chi connectivity index (χ2n) is 6.77. The van der Waals surface area contributed by atoms with Crippen LogP contribution >= 0.6 is 15.9 Å². The lowest BCUT2D eigenvalue weighted by atomic mass is 9.70. The molecular weight excluding hydrogens is 330 g/mol. The lowest BCUT2D eigenvalue weighted by Gasteiger charge is -2.48. The highest BCUT2D eigenvalue weighted by Gasteiger charge is 2.41. The summed E-state index contributed by atoms with van der Waals surface area (Å²) in [4.78, 5) is 12.6. The fraction of sp³-hybridized carbons (Fsp3) is 0.688. The Morgan fingerprint density at radius 2 is 2.29 bits per heavy atom. The maximum atomic E-state index is 12.6. The van der Waals surface area contributed by atoms with E-state index in [0.29, 0.717) is 11.6 Å². The number of rotatable bonds is 3.